The molecule has 1 heterocycles. The van der Waals surface area contributed by atoms with Crippen LogP contribution in [0.5, 0.6) is 0 Å². The van der Waals surface area contributed by atoms with E-state index in [0.717, 1.165) is 49.6 Å². The largest absolute Gasteiger partial charge is 0.369 e. The van der Waals surface area contributed by atoms with Gasteiger partial charge in [0.15, 0.2) is 0 Å². The van der Waals surface area contributed by atoms with E-state index < -0.39 is 0 Å². The number of anilines is 1. The Labute approximate surface area is 194 Å². The molecule has 174 valence electrons. The number of nitrogens with one attached hydrogen (secondary N) is 1. The van der Waals surface area contributed by atoms with E-state index in [1.165, 1.54) is 17.8 Å². The number of carbonyl (C=O) groups excluding carboxylic acids is 1. The van der Waals surface area contributed by atoms with Gasteiger partial charge in [-0.05, 0) is 47.1 Å². The summed E-state index contributed by atoms with van der Waals surface area (Å²) in [5.74, 6) is 0.968. The minimum absolute atomic E-state index is 0.00491. The lowest BCUT2D eigenvalue weighted by atomic mass is 9.88. The van der Waals surface area contributed by atoms with Gasteiger partial charge in [-0.2, -0.15) is 0 Å². The van der Waals surface area contributed by atoms with Crippen LogP contribution in [0, 0.1) is 11.8 Å². The van der Waals surface area contributed by atoms with Crippen molar-refractivity contribution in [2.75, 3.05) is 44.3 Å². The molecule has 1 amide bonds. The lowest BCUT2D eigenvalue weighted by Crippen LogP contribution is -2.47. The normalized spacial score (nSPS) is 15.9. The van der Waals surface area contributed by atoms with Crippen LogP contribution in [0.2, 0.25) is 0 Å². The van der Waals surface area contributed by atoms with E-state index in [1.54, 1.807) is 0 Å². The summed E-state index contributed by atoms with van der Waals surface area (Å²) < 4.78 is 0. The first-order valence-corrected chi connectivity index (χ1v) is 12.0. The van der Waals surface area contributed by atoms with Crippen LogP contribution >= 0.6 is 0 Å². The second-order valence-electron chi connectivity index (χ2n) is 9.78. The van der Waals surface area contributed by atoms with Crippen LogP contribution in [0.15, 0.2) is 48.5 Å². The number of piperazine rings is 1. The number of hydrogen-bond acceptors (Lipinski definition) is 4. The molecule has 1 aliphatic heterocycles. The van der Waals surface area contributed by atoms with Crippen LogP contribution in [0.4, 0.5) is 5.69 Å². The first-order valence-electron chi connectivity index (χ1n) is 12.0. The van der Waals surface area contributed by atoms with Crippen molar-refractivity contribution in [2.24, 2.45) is 17.6 Å². The van der Waals surface area contributed by atoms with Gasteiger partial charge < -0.3 is 16.0 Å². The zero-order valence-corrected chi connectivity index (χ0v) is 20.2. The Kier molecular flexibility index (Phi) is 8.71. The quantitative estimate of drug-likeness (QED) is 0.576. The molecule has 1 atom stereocenters. The summed E-state index contributed by atoms with van der Waals surface area (Å²) in [6, 6.07) is 17.2. The van der Waals surface area contributed by atoms with Crippen molar-refractivity contribution in [1.29, 1.82) is 0 Å². The van der Waals surface area contributed by atoms with Crippen molar-refractivity contribution >= 4 is 11.6 Å². The molecule has 2 aromatic rings. The third-order valence-electron chi connectivity index (χ3n) is 6.15. The molecule has 0 aromatic heterocycles. The first-order chi connectivity index (χ1) is 15.4. The zero-order chi connectivity index (χ0) is 23.1. The van der Waals surface area contributed by atoms with Crippen LogP contribution in [-0.4, -0.2) is 50.2 Å². The van der Waals surface area contributed by atoms with Gasteiger partial charge in [-0.3, -0.25) is 9.69 Å². The van der Waals surface area contributed by atoms with Crippen molar-refractivity contribution in [3.05, 3.63) is 54.1 Å². The molecular formula is C27H40N4O. The van der Waals surface area contributed by atoms with Crippen molar-refractivity contribution in [3.63, 3.8) is 0 Å². The van der Waals surface area contributed by atoms with E-state index in [2.05, 4.69) is 91.3 Å². The maximum Gasteiger partial charge on any atom is 0.228 e. The molecule has 0 saturated carbocycles. The van der Waals surface area contributed by atoms with Gasteiger partial charge in [0, 0.05) is 38.4 Å². The van der Waals surface area contributed by atoms with Crippen molar-refractivity contribution < 1.29 is 4.79 Å². The Bertz CT molecular complexity index is 854. The van der Waals surface area contributed by atoms with Gasteiger partial charge in [-0.1, -0.05) is 64.1 Å². The molecule has 0 bridgehead atoms. The highest BCUT2D eigenvalue weighted by atomic mass is 16.1. The van der Waals surface area contributed by atoms with Gasteiger partial charge in [0.05, 0.1) is 12.6 Å². The zero-order valence-electron chi connectivity index (χ0n) is 20.2. The fraction of sp³-hybridized carbons (Fsp3) is 0.519. The number of hydrogen-bond donors (Lipinski definition) is 2. The van der Waals surface area contributed by atoms with Gasteiger partial charge in [-0.25, -0.2) is 0 Å². The summed E-state index contributed by atoms with van der Waals surface area (Å²) in [5.41, 5.74) is 10.2. The van der Waals surface area contributed by atoms with Gasteiger partial charge in [0.25, 0.3) is 0 Å². The molecule has 5 nitrogen and oxygen atoms in total. The minimum Gasteiger partial charge on any atom is -0.369 e. The van der Waals surface area contributed by atoms with Crippen LogP contribution in [0.25, 0.3) is 11.1 Å². The maximum atomic E-state index is 12.6. The SMILES string of the molecule is CC(C)C[C@@H](C(=O)NCN)c1cccc(-c2ccc(N3CCN(CC(C)C)CC3)cc2)c1. The van der Waals surface area contributed by atoms with E-state index in [-0.39, 0.29) is 18.5 Å². The fourth-order valence-electron chi connectivity index (χ4n) is 4.59. The second kappa shape index (κ2) is 11.5. The van der Waals surface area contributed by atoms with Gasteiger partial charge in [-0.15, -0.1) is 0 Å². The smallest absolute Gasteiger partial charge is 0.228 e. The molecule has 0 unspecified atom stereocenters. The predicted octanol–water partition coefficient (Wildman–Crippen LogP) is 4.29. The molecular weight excluding hydrogens is 396 g/mol. The average Bonchev–Trinajstić information content (AvgIpc) is 2.78. The summed E-state index contributed by atoms with van der Waals surface area (Å²) in [4.78, 5) is 17.7. The third kappa shape index (κ3) is 6.57. The topological polar surface area (TPSA) is 61.6 Å². The van der Waals surface area contributed by atoms with E-state index in [1.807, 2.05) is 0 Å². The molecule has 0 spiro atoms. The van der Waals surface area contributed by atoms with Crippen LogP contribution in [-0.2, 0) is 4.79 Å². The molecule has 1 aliphatic rings. The van der Waals surface area contributed by atoms with E-state index in [4.69, 9.17) is 5.73 Å². The highest BCUT2D eigenvalue weighted by molar-refractivity contribution is 5.84. The highest BCUT2D eigenvalue weighted by Gasteiger charge is 2.22. The Balaban J connectivity index is 1.72. The maximum absolute atomic E-state index is 12.6. The summed E-state index contributed by atoms with van der Waals surface area (Å²) in [5, 5.41) is 2.80. The Hall–Kier alpha value is -2.37. The molecule has 2 aromatic carbocycles. The van der Waals surface area contributed by atoms with Crippen molar-refractivity contribution in [1.82, 2.24) is 10.2 Å². The summed E-state index contributed by atoms with van der Waals surface area (Å²) >= 11 is 0. The van der Waals surface area contributed by atoms with Gasteiger partial charge >= 0.3 is 0 Å². The Morgan fingerprint density at radius 3 is 2.22 bits per heavy atom. The average molecular weight is 437 g/mol. The number of rotatable bonds is 9. The molecule has 3 rings (SSSR count). The number of nitrogens with two attached hydrogens (primary N) is 1. The highest BCUT2D eigenvalue weighted by Crippen LogP contribution is 2.30. The molecule has 0 radical (unpaired) electrons. The predicted molar refractivity (Wildman–Crippen MR) is 135 cm³/mol. The number of benzene rings is 2. The Morgan fingerprint density at radius 1 is 0.938 bits per heavy atom. The molecule has 3 N–H and O–H groups in total. The molecule has 0 aliphatic carbocycles. The fourth-order valence-corrected chi connectivity index (χ4v) is 4.59. The lowest BCUT2D eigenvalue weighted by molar-refractivity contribution is -0.122. The molecule has 32 heavy (non-hydrogen) atoms. The summed E-state index contributed by atoms with van der Waals surface area (Å²) in [6.45, 7) is 14.6. The van der Waals surface area contributed by atoms with Crippen LogP contribution < -0.4 is 16.0 Å². The first kappa shape index (κ1) is 24.3. The van der Waals surface area contributed by atoms with Crippen LogP contribution in [0.3, 0.4) is 0 Å². The van der Waals surface area contributed by atoms with Gasteiger partial charge in [0.1, 0.15) is 0 Å². The lowest BCUT2D eigenvalue weighted by Gasteiger charge is -2.36. The molecule has 1 fully saturated rings. The summed E-state index contributed by atoms with van der Waals surface area (Å²) in [6.07, 6.45) is 0.803. The Morgan fingerprint density at radius 2 is 1.62 bits per heavy atom. The second-order valence-corrected chi connectivity index (χ2v) is 9.78. The van der Waals surface area contributed by atoms with Crippen molar-refractivity contribution in [2.45, 2.75) is 40.0 Å². The molecule has 5 heteroatoms. The van der Waals surface area contributed by atoms with E-state index in [9.17, 15) is 4.79 Å². The minimum atomic E-state index is -0.181. The van der Waals surface area contributed by atoms with E-state index in [0.29, 0.717) is 5.92 Å². The van der Waals surface area contributed by atoms with Crippen molar-refractivity contribution in [3.8, 4) is 11.1 Å². The van der Waals surface area contributed by atoms with Crippen LogP contribution in [0.1, 0.15) is 45.6 Å². The summed E-state index contributed by atoms with van der Waals surface area (Å²) in [7, 11) is 0. The number of nitrogens with zero attached hydrogens (tertiary/aromatic N) is 2. The number of carbonyl (C=O) groups is 1. The third-order valence-corrected chi connectivity index (χ3v) is 6.15. The molecule has 1 saturated heterocycles. The van der Waals surface area contributed by atoms with Gasteiger partial charge in [0.2, 0.25) is 5.91 Å². The monoisotopic (exact) mass is 436 g/mol. The van der Waals surface area contributed by atoms with E-state index >= 15 is 0 Å². The standard InChI is InChI=1S/C27H40N4O/c1-20(2)16-26(27(32)29-19-28)24-7-5-6-23(17-24)22-8-10-25(11-9-22)31-14-12-30(13-15-31)18-21(3)4/h5-11,17,20-21,26H,12-16,18-19,28H2,1-4H3,(H,29,32)/t26-/m1/s1. The number of amides is 1.